The van der Waals surface area contributed by atoms with Crippen LogP contribution in [0.3, 0.4) is 0 Å². The van der Waals surface area contributed by atoms with Crippen molar-refractivity contribution >= 4 is 5.97 Å². The van der Waals surface area contributed by atoms with Gasteiger partial charge in [0.2, 0.25) is 0 Å². The van der Waals surface area contributed by atoms with E-state index in [4.69, 9.17) is 19.3 Å². The summed E-state index contributed by atoms with van der Waals surface area (Å²) in [5.41, 5.74) is 0. The zero-order valence-electron chi connectivity index (χ0n) is 6.86. The highest BCUT2D eigenvalue weighted by Gasteiger charge is 2.25. The maximum Gasteiger partial charge on any atom is 0.302 e. The lowest BCUT2D eigenvalue weighted by atomic mass is 10.4. The Labute approximate surface area is 70.2 Å². The van der Waals surface area contributed by atoms with Crippen LogP contribution in [0.5, 0.6) is 0 Å². The van der Waals surface area contributed by atoms with E-state index < -0.39 is 6.29 Å². The Kier molecular flexibility index (Phi) is 3.46. The fourth-order valence-electron chi connectivity index (χ4n) is 0.901. The third kappa shape index (κ3) is 2.77. The van der Waals surface area contributed by atoms with Crippen molar-refractivity contribution in [3.05, 3.63) is 0 Å². The second-order valence-corrected chi connectivity index (χ2v) is 2.51. The molecule has 0 radical (unpaired) electrons. The number of ether oxygens (including phenoxy) is 3. The van der Waals surface area contributed by atoms with E-state index in [0.717, 1.165) is 0 Å². The molecule has 1 aliphatic heterocycles. The summed E-state index contributed by atoms with van der Waals surface area (Å²) in [6.07, 6.45) is -0.809. The summed E-state index contributed by atoms with van der Waals surface area (Å²) in [6.45, 7) is 1.71. The summed E-state index contributed by atoms with van der Waals surface area (Å²) in [7, 11) is 0. The molecule has 0 aliphatic carbocycles. The summed E-state index contributed by atoms with van der Waals surface area (Å²) in [4.78, 5) is 10.4. The van der Waals surface area contributed by atoms with E-state index in [2.05, 4.69) is 0 Å². The third-order valence-electron chi connectivity index (χ3n) is 1.43. The molecule has 0 spiro atoms. The Bertz CT molecular complexity index is 158. The summed E-state index contributed by atoms with van der Waals surface area (Å²) >= 11 is 0. The zero-order valence-corrected chi connectivity index (χ0v) is 6.86. The van der Waals surface area contributed by atoms with Gasteiger partial charge in [-0.05, 0) is 0 Å². The molecule has 70 valence electrons. The van der Waals surface area contributed by atoms with Gasteiger partial charge in [0.05, 0.1) is 13.2 Å². The number of rotatable bonds is 3. The van der Waals surface area contributed by atoms with Crippen LogP contribution in [0.15, 0.2) is 0 Å². The Morgan fingerprint density at radius 3 is 3.00 bits per heavy atom. The lowest BCUT2D eigenvalue weighted by molar-refractivity contribution is -0.146. The van der Waals surface area contributed by atoms with Gasteiger partial charge in [0.15, 0.2) is 6.29 Å². The molecule has 1 saturated heterocycles. The van der Waals surface area contributed by atoms with E-state index in [1.165, 1.54) is 6.92 Å². The van der Waals surface area contributed by atoms with E-state index >= 15 is 0 Å². The number of hydrogen-bond donors (Lipinski definition) is 1. The minimum absolute atomic E-state index is 0.170. The minimum atomic E-state index is -0.564. The first kappa shape index (κ1) is 9.44. The van der Waals surface area contributed by atoms with Crippen molar-refractivity contribution in [2.24, 2.45) is 0 Å². The van der Waals surface area contributed by atoms with E-state index in [0.29, 0.717) is 6.61 Å². The van der Waals surface area contributed by atoms with Crippen molar-refractivity contribution < 1.29 is 24.1 Å². The molecule has 1 N–H and O–H groups in total. The summed E-state index contributed by atoms with van der Waals surface area (Å²) in [6, 6.07) is 0. The van der Waals surface area contributed by atoms with Gasteiger partial charge in [-0.3, -0.25) is 4.79 Å². The van der Waals surface area contributed by atoms with Gasteiger partial charge in [0, 0.05) is 6.92 Å². The first-order valence-corrected chi connectivity index (χ1v) is 3.73. The van der Waals surface area contributed by atoms with Crippen LogP contribution in [0.1, 0.15) is 6.92 Å². The van der Waals surface area contributed by atoms with Crippen molar-refractivity contribution in [3.8, 4) is 0 Å². The largest absolute Gasteiger partial charge is 0.463 e. The normalized spacial score (nSPS) is 28.8. The number of aliphatic hydroxyl groups is 1. The van der Waals surface area contributed by atoms with Crippen molar-refractivity contribution in [2.75, 3.05) is 19.8 Å². The van der Waals surface area contributed by atoms with E-state index in [9.17, 15) is 4.79 Å². The molecule has 0 aromatic heterocycles. The Balaban J connectivity index is 2.15. The van der Waals surface area contributed by atoms with Gasteiger partial charge in [0.25, 0.3) is 0 Å². The molecule has 0 aromatic rings. The molecular weight excluding hydrogens is 164 g/mol. The van der Waals surface area contributed by atoms with E-state index in [-0.39, 0.29) is 25.3 Å². The molecule has 1 heterocycles. The predicted molar refractivity (Wildman–Crippen MR) is 38.3 cm³/mol. The second kappa shape index (κ2) is 4.39. The van der Waals surface area contributed by atoms with Crippen molar-refractivity contribution in [1.82, 2.24) is 0 Å². The average Bonchev–Trinajstić information content (AvgIpc) is 2.48. The molecule has 5 heteroatoms. The second-order valence-electron chi connectivity index (χ2n) is 2.51. The number of carbonyl (C=O) groups excluding carboxylic acids is 1. The number of esters is 1. The molecule has 1 rings (SSSR count). The quantitative estimate of drug-likeness (QED) is 0.575. The highest BCUT2D eigenvalue weighted by molar-refractivity contribution is 5.65. The summed E-state index contributed by atoms with van der Waals surface area (Å²) < 4.78 is 14.8. The zero-order chi connectivity index (χ0) is 8.97. The Hall–Kier alpha value is -0.650. The van der Waals surface area contributed by atoms with Gasteiger partial charge in [0.1, 0.15) is 12.7 Å². The van der Waals surface area contributed by atoms with Gasteiger partial charge < -0.3 is 19.3 Å². The van der Waals surface area contributed by atoms with Gasteiger partial charge >= 0.3 is 5.97 Å². The Morgan fingerprint density at radius 1 is 1.75 bits per heavy atom. The smallest absolute Gasteiger partial charge is 0.302 e. The summed E-state index contributed by atoms with van der Waals surface area (Å²) in [5, 5.41) is 8.60. The van der Waals surface area contributed by atoms with E-state index in [1.807, 2.05) is 0 Å². The maximum atomic E-state index is 10.4. The molecule has 1 fully saturated rings. The number of carbonyl (C=O) groups is 1. The fourth-order valence-corrected chi connectivity index (χ4v) is 0.901. The molecule has 12 heavy (non-hydrogen) atoms. The van der Waals surface area contributed by atoms with Crippen LogP contribution in [0, 0.1) is 0 Å². The molecule has 0 saturated carbocycles. The monoisotopic (exact) mass is 176 g/mol. The van der Waals surface area contributed by atoms with E-state index in [1.54, 1.807) is 0 Å². The highest BCUT2D eigenvalue weighted by atomic mass is 16.7. The van der Waals surface area contributed by atoms with Gasteiger partial charge in [-0.2, -0.15) is 0 Å². The molecule has 2 atom stereocenters. The first-order chi connectivity index (χ1) is 5.72. The van der Waals surface area contributed by atoms with Gasteiger partial charge in [-0.25, -0.2) is 0 Å². The van der Waals surface area contributed by atoms with Gasteiger partial charge in [-0.15, -0.1) is 0 Å². The van der Waals surface area contributed by atoms with Crippen LogP contribution in [-0.4, -0.2) is 43.3 Å². The molecule has 0 amide bonds. The van der Waals surface area contributed by atoms with Crippen molar-refractivity contribution in [2.45, 2.75) is 19.3 Å². The van der Waals surface area contributed by atoms with Crippen LogP contribution in [0.25, 0.3) is 0 Å². The topological polar surface area (TPSA) is 65.0 Å². The van der Waals surface area contributed by atoms with Crippen molar-refractivity contribution in [1.29, 1.82) is 0 Å². The molecule has 0 bridgehead atoms. The minimum Gasteiger partial charge on any atom is -0.463 e. The van der Waals surface area contributed by atoms with Gasteiger partial charge in [-0.1, -0.05) is 0 Å². The first-order valence-electron chi connectivity index (χ1n) is 3.73. The molecular formula is C7H12O5. The Morgan fingerprint density at radius 2 is 2.50 bits per heavy atom. The number of hydrogen-bond acceptors (Lipinski definition) is 5. The SMILES string of the molecule is CC(=O)OC[C@@H]1CO[C@H](CO)O1. The van der Waals surface area contributed by atoms with Crippen LogP contribution in [0.2, 0.25) is 0 Å². The standard InChI is InChI=1S/C7H12O5/c1-5(9)10-3-6-4-11-7(2-8)12-6/h6-8H,2-4H2,1H3/t6-,7+/m1/s1. The molecule has 5 nitrogen and oxygen atoms in total. The van der Waals surface area contributed by atoms with Crippen LogP contribution >= 0.6 is 0 Å². The van der Waals surface area contributed by atoms with Crippen LogP contribution < -0.4 is 0 Å². The lowest BCUT2D eigenvalue weighted by Crippen LogP contribution is -2.21. The van der Waals surface area contributed by atoms with Crippen LogP contribution in [-0.2, 0) is 19.0 Å². The number of aliphatic hydroxyl groups excluding tert-OH is 1. The molecule has 0 aromatic carbocycles. The van der Waals surface area contributed by atoms with Crippen LogP contribution in [0.4, 0.5) is 0 Å². The highest BCUT2D eigenvalue weighted by Crippen LogP contribution is 2.10. The third-order valence-corrected chi connectivity index (χ3v) is 1.43. The lowest BCUT2D eigenvalue weighted by Gasteiger charge is -2.08. The predicted octanol–water partition coefficient (Wildman–Crippen LogP) is -0.717. The molecule has 1 aliphatic rings. The maximum absolute atomic E-state index is 10.4. The summed E-state index contributed by atoms with van der Waals surface area (Å²) in [5.74, 6) is -0.342. The van der Waals surface area contributed by atoms with Crippen molar-refractivity contribution in [3.63, 3.8) is 0 Å². The fraction of sp³-hybridized carbons (Fsp3) is 0.857. The average molecular weight is 176 g/mol. The molecule has 0 unspecified atom stereocenters.